The predicted molar refractivity (Wildman–Crippen MR) is 78.6 cm³/mol. The molecule has 0 bridgehead atoms. The Morgan fingerprint density at radius 1 is 1.55 bits per heavy atom. The SMILES string of the molecule is C=CCNC(=O)CN1CCc2nc(NC(C)=O)sc2C1. The second-order valence-corrected chi connectivity index (χ2v) is 5.71. The molecule has 2 rings (SSSR count). The van der Waals surface area contributed by atoms with E-state index in [1.807, 2.05) is 0 Å². The molecule has 1 aromatic heterocycles. The Labute approximate surface area is 121 Å². The molecule has 0 atom stereocenters. The molecule has 1 aliphatic rings. The fourth-order valence-corrected chi connectivity index (χ4v) is 3.13. The van der Waals surface area contributed by atoms with E-state index in [2.05, 4.69) is 27.1 Å². The van der Waals surface area contributed by atoms with Gasteiger partial charge >= 0.3 is 0 Å². The lowest BCUT2D eigenvalue weighted by atomic mass is 10.2. The van der Waals surface area contributed by atoms with Crippen molar-refractivity contribution in [2.75, 3.05) is 25.0 Å². The molecule has 0 radical (unpaired) electrons. The number of fused-ring (bicyclic) bond motifs is 1. The lowest BCUT2D eigenvalue weighted by molar-refractivity contribution is -0.122. The molecule has 2 heterocycles. The number of carbonyl (C=O) groups excluding carboxylic acids is 2. The third kappa shape index (κ3) is 3.88. The second-order valence-electron chi connectivity index (χ2n) is 4.62. The van der Waals surface area contributed by atoms with E-state index in [1.54, 1.807) is 6.08 Å². The van der Waals surface area contributed by atoms with Gasteiger partial charge in [0.15, 0.2) is 5.13 Å². The zero-order valence-electron chi connectivity index (χ0n) is 11.4. The van der Waals surface area contributed by atoms with Crippen LogP contribution in [-0.4, -0.2) is 41.3 Å². The van der Waals surface area contributed by atoms with Gasteiger partial charge in [-0.15, -0.1) is 17.9 Å². The van der Waals surface area contributed by atoms with Crippen molar-refractivity contribution in [1.82, 2.24) is 15.2 Å². The first-order chi connectivity index (χ1) is 9.58. The lowest BCUT2D eigenvalue weighted by Crippen LogP contribution is -2.39. The van der Waals surface area contributed by atoms with Crippen molar-refractivity contribution in [2.45, 2.75) is 19.9 Å². The van der Waals surface area contributed by atoms with E-state index in [9.17, 15) is 9.59 Å². The molecule has 0 unspecified atom stereocenters. The van der Waals surface area contributed by atoms with Crippen molar-refractivity contribution in [3.8, 4) is 0 Å². The van der Waals surface area contributed by atoms with Crippen molar-refractivity contribution >= 4 is 28.3 Å². The molecule has 6 nitrogen and oxygen atoms in total. The Morgan fingerprint density at radius 2 is 2.35 bits per heavy atom. The highest BCUT2D eigenvalue weighted by atomic mass is 32.1. The van der Waals surface area contributed by atoms with Crippen LogP contribution in [0.1, 0.15) is 17.5 Å². The minimum atomic E-state index is -0.114. The first-order valence-corrected chi connectivity index (χ1v) is 7.26. The van der Waals surface area contributed by atoms with Gasteiger partial charge in [0.05, 0.1) is 12.2 Å². The fourth-order valence-electron chi connectivity index (χ4n) is 2.03. The molecule has 0 saturated heterocycles. The van der Waals surface area contributed by atoms with Crippen LogP contribution in [0, 0.1) is 0 Å². The van der Waals surface area contributed by atoms with Crippen molar-refractivity contribution in [1.29, 1.82) is 0 Å². The van der Waals surface area contributed by atoms with Crippen LogP contribution in [0.15, 0.2) is 12.7 Å². The molecule has 0 fully saturated rings. The number of nitrogens with one attached hydrogen (secondary N) is 2. The molecule has 7 heteroatoms. The van der Waals surface area contributed by atoms with Gasteiger partial charge in [0.25, 0.3) is 0 Å². The maximum Gasteiger partial charge on any atom is 0.234 e. The average Bonchev–Trinajstić information content (AvgIpc) is 2.76. The highest BCUT2D eigenvalue weighted by Crippen LogP contribution is 2.28. The maximum absolute atomic E-state index is 11.7. The Bertz CT molecular complexity index is 526. The van der Waals surface area contributed by atoms with Gasteiger partial charge in [0.1, 0.15) is 0 Å². The first-order valence-electron chi connectivity index (χ1n) is 6.44. The van der Waals surface area contributed by atoms with Crippen LogP contribution < -0.4 is 10.6 Å². The molecule has 2 amide bonds. The van der Waals surface area contributed by atoms with E-state index in [-0.39, 0.29) is 11.8 Å². The van der Waals surface area contributed by atoms with Gasteiger partial charge in [-0.3, -0.25) is 14.5 Å². The van der Waals surface area contributed by atoms with Crippen molar-refractivity contribution in [2.24, 2.45) is 0 Å². The molecule has 20 heavy (non-hydrogen) atoms. The summed E-state index contributed by atoms with van der Waals surface area (Å²) in [5, 5.41) is 6.11. The van der Waals surface area contributed by atoms with Crippen LogP contribution in [0.5, 0.6) is 0 Å². The summed E-state index contributed by atoms with van der Waals surface area (Å²) in [6, 6.07) is 0. The third-order valence-electron chi connectivity index (χ3n) is 2.90. The van der Waals surface area contributed by atoms with Crippen LogP contribution in [-0.2, 0) is 22.6 Å². The average molecular weight is 294 g/mol. The summed E-state index contributed by atoms with van der Waals surface area (Å²) in [4.78, 5) is 30.3. The molecule has 0 aliphatic carbocycles. The van der Waals surface area contributed by atoms with Crippen molar-refractivity contribution in [3.05, 3.63) is 23.2 Å². The molecular weight excluding hydrogens is 276 g/mol. The van der Waals surface area contributed by atoms with Gasteiger partial charge in [-0.1, -0.05) is 6.08 Å². The van der Waals surface area contributed by atoms with Gasteiger partial charge in [0.2, 0.25) is 11.8 Å². The fraction of sp³-hybridized carbons (Fsp3) is 0.462. The second kappa shape index (κ2) is 6.62. The zero-order chi connectivity index (χ0) is 14.5. The highest BCUT2D eigenvalue weighted by molar-refractivity contribution is 7.15. The van der Waals surface area contributed by atoms with E-state index in [4.69, 9.17) is 0 Å². The molecule has 0 aromatic carbocycles. The predicted octanol–water partition coefficient (Wildman–Crippen LogP) is 0.762. The topological polar surface area (TPSA) is 74.3 Å². The summed E-state index contributed by atoms with van der Waals surface area (Å²) >= 11 is 1.48. The number of amides is 2. The quantitative estimate of drug-likeness (QED) is 0.786. The molecular formula is C13H18N4O2S. The summed E-state index contributed by atoms with van der Waals surface area (Å²) < 4.78 is 0. The molecule has 0 saturated carbocycles. The van der Waals surface area contributed by atoms with E-state index >= 15 is 0 Å². The van der Waals surface area contributed by atoms with Gasteiger partial charge in [-0.2, -0.15) is 0 Å². The van der Waals surface area contributed by atoms with Gasteiger partial charge in [-0.05, 0) is 0 Å². The van der Waals surface area contributed by atoms with Crippen molar-refractivity contribution in [3.63, 3.8) is 0 Å². The summed E-state index contributed by atoms with van der Waals surface area (Å²) in [6.07, 6.45) is 2.47. The Hall–Kier alpha value is -1.73. The van der Waals surface area contributed by atoms with E-state index < -0.39 is 0 Å². The number of thiazole rings is 1. The first kappa shape index (κ1) is 14.7. The highest BCUT2D eigenvalue weighted by Gasteiger charge is 2.22. The van der Waals surface area contributed by atoms with E-state index in [1.165, 1.54) is 18.3 Å². The Balaban J connectivity index is 1.93. The summed E-state index contributed by atoms with van der Waals surface area (Å²) in [7, 11) is 0. The molecule has 1 aromatic rings. The van der Waals surface area contributed by atoms with Crippen LogP contribution >= 0.6 is 11.3 Å². The number of hydrogen-bond acceptors (Lipinski definition) is 5. The summed E-state index contributed by atoms with van der Waals surface area (Å²) in [5.41, 5.74) is 1.03. The molecule has 1 aliphatic heterocycles. The minimum Gasteiger partial charge on any atom is -0.352 e. The third-order valence-corrected chi connectivity index (χ3v) is 3.90. The standard InChI is InChI=1S/C13H18N4O2S/c1-3-5-14-12(19)8-17-6-4-10-11(7-17)20-13(16-10)15-9(2)18/h3H,1,4-8H2,2H3,(H,14,19)(H,15,16,18). The number of aromatic nitrogens is 1. The zero-order valence-corrected chi connectivity index (χ0v) is 12.3. The van der Waals surface area contributed by atoms with Crippen LogP contribution in [0.25, 0.3) is 0 Å². The summed E-state index contributed by atoms with van der Waals surface area (Å²) in [6.45, 7) is 7.41. The normalized spacial score (nSPS) is 14.4. The number of nitrogens with zero attached hydrogens (tertiary/aromatic N) is 2. The number of rotatable bonds is 5. The van der Waals surface area contributed by atoms with Crippen LogP contribution in [0.4, 0.5) is 5.13 Å². The molecule has 108 valence electrons. The Morgan fingerprint density at radius 3 is 3.05 bits per heavy atom. The van der Waals surface area contributed by atoms with Crippen LogP contribution in [0.3, 0.4) is 0 Å². The van der Waals surface area contributed by atoms with Gasteiger partial charge in [-0.25, -0.2) is 4.98 Å². The largest absolute Gasteiger partial charge is 0.352 e. The number of carbonyl (C=O) groups is 2. The van der Waals surface area contributed by atoms with Crippen LogP contribution in [0.2, 0.25) is 0 Å². The lowest BCUT2D eigenvalue weighted by Gasteiger charge is -2.24. The minimum absolute atomic E-state index is 0.0000465. The molecule has 0 spiro atoms. The van der Waals surface area contributed by atoms with Gasteiger partial charge in [0, 0.05) is 37.9 Å². The van der Waals surface area contributed by atoms with E-state index in [0.29, 0.717) is 24.8 Å². The van der Waals surface area contributed by atoms with Crippen molar-refractivity contribution < 1.29 is 9.59 Å². The maximum atomic E-state index is 11.7. The smallest absolute Gasteiger partial charge is 0.234 e. The van der Waals surface area contributed by atoms with Gasteiger partial charge < -0.3 is 10.6 Å². The number of anilines is 1. The van der Waals surface area contributed by atoms with E-state index in [0.717, 1.165) is 23.5 Å². The summed E-state index contributed by atoms with van der Waals surface area (Å²) in [5.74, 6) is -0.114. The Kier molecular flexibility index (Phi) is 4.86. The monoisotopic (exact) mass is 294 g/mol. The molecule has 2 N–H and O–H groups in total. The number of hydrogen-bond donors (Lipinski definition) is 2.